The first-order valence-corrected chi connectivity index (χ1v) is 6.83. The van der Waals surface area contributed by atoms with E-state index < -0.39 is 5.82 Å². The molecule has 0 atom stereocenters. The molecule has 0 aliphatic heterocycles. The van der Waals surface area contributed by atoms with Gasteiger partial charge in [-0.15, -0.1) is 0 Å². The summed E-state index contributed by atoms with van der Waals surface area (Å²) in [6, 6.07) is 9.76. The number of carbonyl (C=O) groups is 1. The van der Waals surface area contributed by atoms with Gasteiger partial charge in [0.25, 0.3) is 0 Å². The highest BCUT2D eigenvalue weighted by molar-refractivity contribution is 9.10. The summed E-state index contributed by atoms with van der Waals surface area (Å²) in [5, 5.41) is 0. The van der Waals surface area contributed by atoms with Crippen molar-refractivity contribution in [2.24, 2.45) is 0 Å². The molecule has 0 saturated carbocycles. The molecule has 0 bridgehead atoms. The Morgan fingerprint density at radius 3 is 2.50 bits per heavy atom. The summed E-state index contributed by atoms with van der Waals surface area (Å²) in [6.07, 6.45) is 0. The molecule has 2 aromatic rings. The van der Waals surface area contributed by atoms with Gasteiger partial charge in [-0.05, 0) is 37.3 Å². The largest absolute Gasteiger partial charge is 0.288 e. The number of hydrogen-bond acceptors (Lipinski definition) is 1. The molecule has 0 fully saturated rings. The van der Waals surface area contributed by atoms with E-state index in [2.05, 4.69) is 31.9 Å². The highest BCUT2D eigenvalue weighted by atomic mass is 79.9. The van der Waals surface area contributed by atoms with Gasteiger partial charge in [0, 0.05) is 14.5 Å². The van der Waals surface area contributed by atoms with Gasteiger partial charge in [0.15, 0.2) is 5.78 Å². The Labute approximate surface area is 121 Å². The summed E-state index contributed by atoms with van der Waals surface area (Å²) in [5.74, 6) is -0.846. The van der Waals surface area contributed by atoms with E-state index >= 15 is 0 Å². The van der Waals surface area contributed by atoms with Crippen LogP contribution in [-0.4, -0.2) is 5.78 Å². The van der Waals surface area contributed by atoms with Crippen molar-refractivity contribution in [3.63, 3.8) is 0 Å². The van der Waals surface area contributed by atoms with E-state index in [1.807, 2.05) is 13.0 Å². The number of benzene rings is 2. The van der Waals surface area contributed by atoms with Gasteiger partial charge in [0.05, 0.1) is 5.56 Å². The first kappa shape index (κ1) is 13.4. The molecule has 0 spiro atoms. The van der Waals surface area contributed by atoms with Crippen LogP contribution >= 0.6 is 31.9 Å². The summed E-state index contributed by atoms with van der Waals surface area (Å²) in [5.41, 5.74) is 1.49. The number of aryl methyl sites for hydroxylation is 1. The van der Waals surface area contributed by atoms with Crippen LogP contribution in [0.5, 0.6) is 0 Å². The van der Waals surface area contributed by atoms with Gasteiger partial charge < -0.3 is 0 Å². The fourth-order valence-corrected chi connectivity index (χ4v) is 2.42. The van der Waals surface area contributed by atoms with Crippen LogP contribution in [0.4, 0.5) is 4.39 Å². The topological polar surface area (TPSA) is 17.1 Å². The Kier molecular flexibility index (Phi) is 3.97. The minimum atomic E-state index is -0.517. The summed E-state index contributed by atoms with van der Waals surface area (Å²) >= 11 is 6.56. The Balaban J connectivity index is 2.54. The van der Waals surface area contributed by atoms with Gasteiger partial charge >= 0.3 is 0 Å². The van der Waals surface area contributed by atoms with Crippen molar-refractivity contribution in [1.29, 1.82) is 0 Å². The third kappa shape index (κ3) is 2.70. The maximum atomic E-state index is 13.7. The molecule has 2 rings (SSSR count). The van der Waals surface area contributed by atoms with Gasteiger partial charge in [-0.1, -0.05) is 43.5 Å². The first-order chi connectivity index (χ1) is 8.49. The fraction of sp³-hybridized carbons (Fsp3) is 0.0714. The molecule has 0 aromatic heterocycles. The van der Waals surface area contributed by atoms with Crippen LogP contribution < -0.4 is 0 Å². The summed E-state index contributed by atoms with van der Waals surface area (Å²) in [4.78, 5) is 12.3. The zero-order valence-electron chi connectivity index (χ0n) is 9.51. The lowest BCUT2D eigenvalue weighted by Crippen LogP contribution is -2.05. The second kappa shape index (κ2) is 5.33. The van der Waals surface area contributed by atoms with Crippen molar-refractivity contribution < 1.29 is 9.18 Å². The zero-order chi connectivity index (χ0) is 13.3. The van der Waals surface area contributed by atoms with E-state index in [1.165, 1.54) is 12.1 Å². The smallest absolute Gasteiger partial charge is 0.197 e. The van der Waals surface area contributed by atoms with Crippen molar-refractivity contribution in [2.45, 2.75) is 6.92 Å². The van der Waals surface area contributed by atoms with E-state index in [0.717, 1.165) is 5.56 Å². The van der Waals surface area contributed by atoms with E-state index in [9.17, 15) is 9.18 Å². The maximum absolute atomic E-state index is 13.7. The minimum absolute atomic E-state index is 0.0654. The molecule has 0 unspecified atom stereocenters. The Hall–Kier alpha value is -1.00. The third-order valence-electron chi connectivity index (χ3n) is 2.54. The molecular weight excluding hydrogens is 363 g/mol. The summed E-state index contributed by atoms with van der Waals surface area (Å²) < 4.78 is 15.0. The number of hydrogen-bond donors (Lipinski definition) is 0. The van der Waals surface area contributed by atoms with E-state index in [4.69, 9.17) is 0 Å². The SMILES string of the molecule is Cc1ccc(Br)c(C(=O)c2cc(Br)ccc2F)c1. The fourth-order valence-electron chi connectivity index (χ4n) is 1.63. The predicted molar refractivity (Wildman–Crippen MR) is 76.4 cm³/mol. The number of halogens is 3. The van der Waals surface area contributed by atoms with Crippen LogP contribution in [0.2, 0.25) is 0 Å². The first-order valence-electron chi connectivity index (χ1n) is 5.25. The monoisotopic (exact) mass is 370 g/mol. The van der Waals surface area contributed by atoms with Crippen LogP contribution in [0.15, 0.2) is 45.3 Å². The Morgan fingerprint density at radius 2 is 1.78 bits per heavy atom. The molecule has 0 saturated heterocycles. The van der Waals surface area contributed by atoms with Gasteiger partial charge in [-0.3, -0.25) is 4.79 Å². The Bertz CT molecular complexity index is 570. The van der Waals surface area contributed by atoms with Crippen molar-refractivity contribution >= 4 is 37.6 Å². The molecule has 92 valence electrons. The zero-order valence-corrected chi connectivity index (χ0v) is 12.7. The number of ketones is 1. The maximum Gasteiger partial charge on any atom is 0.197 e. The molecule has 0 aliphatic rings. The average Bonchev–Trinajstić information content (AvgIpc) is 2.34. The second-order valence-corrected chi connectivity index (χ2v) is 5.71. The molecule has 2 aromatic carbocycles. The van der Waals surface area contributed by atoms with Crippen LogP contribution in [0, 0.1) is 12.7 Å². The molecule has 0 aliphatic carbocycles. The van der Waals surface area contributed by atoms with Crippen molar-refractivity contribution in [2.75, 3.05) is 0 Å². The number of carbonyl (C=O) groups excluding carboxylic acids is 1. The number of rotatable bonds is 2. The van der Waals surface area contributed by atoms with Crippen LogP contribution in [-0.2, 0) is 0 Å². The van der Waals surface area contributed by atoms with Gasteiger partial charge in [0.1, 0.15) is 5.82 Å². The van der Waals surface area contributed by atoms with Crippen molar-refractivity contribution in [3.8, 4) is 0 Å². The normalized spacial score (nSPS) is 10.4. The second-order valence-electron chi connectivity index (χ2n) is 3.94. The highest BCUT2D eigenvalue weighted by Crippen LogP contribution is 2.24. The van der Waals surface area contributed by atoms with E-state index in [-0.39, 0.29) is 11.3 Å². The molecule has 0 amide bonds. The molecule has 4 heteroatoms. The minimum Gasteiger partial charge on any atom is -0.288 e. The molecule has 0 heterocycles. The molecule has 1 nitrogen and oxygen atoms in total. The predicted octanol–water partition coefficient (Wildman–Crippen LogP) is 4.89. The van der Waals surface area contributed by atoms with Gasteiger partial charge in [0.2, 0.25) is 0 Å². The molecule has 18 heavy (non-hydrogen) atoms. The average molecular weight is 372 g/mol. The van der Waals surface area contributed by atoms with Crippen LogP contribution in [0.25, 0.3) is 0 Å². The van der Waals surface area contributed by atoms with Crippen molar-refractivity contribution in [1.82, 2.24) is 0 Å². The lowest BCUT2D eigenvalue weighted by molar-refractivity contribution is 0.103. The van der Waals surface area contributed by atoms with E-state index in [0.29, 0.717) is 14.5 Å². The molecular formula is C14H9Br2FO. The van der Waals surface area contributed by atoms with E-state index in [1.54, 1.807) is 18.2 Å². The van der Waals surface area contributed by atoms with Gasteiger partial charge in [-0.2, -0.15) is 0 Å². The molecule has 0 radical (unpaired) electrons. The van der Waals surface area contributed by atoms with Crippen LogP contribution in [0.1, 0.15) is 21.5 Å². The van der Waals surface area contributed by atoms with Crippen molar-refractivity contribution in [3.05, 3.63) is 67.9 Å². The van der Waals surface area contributed by atoms with Crippen LogP contribution in [0.3, 0.4) is 0 Å². The standard InChI is InChI=1S/C14H9Br2FO/c1-8-2-4-12(16)10(6-8)14(18)11-7-9(15)3-5-13(11)17/h2-7H,1H3. The molecule has 0 N–H and O–H groups in total. The summed E-state index contributed by atoms with van der Waals surface area (Å²) in [7, 11) is 0. The highest BCUT2D eigenvalue weighted by Gasteiger charge is 2.17. The Morgan fingerprint density at radius 1 is 1.06 bits per heavy atom. The quantitative estimate of drug-likeness (QED) is 0.687. The van der Waals surface area contributed by atoms with Gasteiger partial charge in [-0.25, -0.2) is 4.39 Å². The summed E-state index contributed by atoms with van der Waals surface area (Å²) in [6.45, 7) is 1.89. The lowest BCUT2D eigenvalue weighted by Gasteiger charge is -2.06. The lowest BCUT2D eigenvalue weighted by atomic mass is 10.0. The third-order valence-corrected chi connectivity index (χ3v) is 3.72.